The first kappa shape index (κ1) is 21.6. The van der Waals surface area contributed by atoms with Crippen molar-refractivity contribution in [3.05, 3.63) is 77.1 Å². The van der Waals surface area contributed by atoms with Crippen molar-refractivity contribution in [1.29, 1.82) is 0 Å². The van der Waals surface area contributed by atoms with Crippen LogP contribution in [0.3, 0.4) is 0 Å². The number of rotatable bonds is 5. The summed E-state index contributed by atoms with van der Waals surface area (Å²) in [5.74, 6) is -0.912. The smallest absolute Gasteiger partial charge is 0.279 e. The lowest BCUT2D eigenvalue weighted by molar-refractivity contribution is -0.394. The van der Waals surface area contributed by atoms with Crippen LogP contribution < -0.4 is 5.32 Å². The number of carbonyl (C=O) groups is 1. The Morgan fingerprint density at radius 1 is 1.16 bits per heavy atom. The second-order valence-corrected chi connectivity index (χ2v) is 8.16. The van der Waals surface area contributed by atoms with Crippen LogP contribution in [0.1, 0.15) is 15.9 Å². The SMILES string of the molecule is Cc1c(C(=O)Nc2nc3scc(-c4cc(Cl)ccc4Cl)n3n2)cc([N+](=O)[O-])cc1[N+](=O)[O-]. The van der Waals surface area contributed by atoms with E-state index in [1.807, 2.05) is 0 Å². The molecule has 0 spiro atoms. The summed E-state index contributed by atoms with van der Waals surface area (Å²) < 4.78 is 1.46. The van der Waals surface area contributed by atoms with Gasteiger partial charge in [-0.2, -0.15) is 4.98 Å². The Kier molecular flexibility index (Phi) is 5.50. The van der Waals surface area contributed by atoms with Crippen LogP contribution >= 0.6 is 34.5 Å². The van der Waals surface area contributed by atoms with E-state index >= 15 is 0 Å². The molecule has 0 saturated carbocycles. The summed E-state index contributed by atoms with van der Waals surface area (Å²) in [5, 5.41) is 31.7. The van der Waals surface area contributed by atoms with Gasteiger partial charge in [0.25, 0.3) is 23.2 Å². The van der Waals surface area contributed by atoms with Crippen LogP contribution in [0.5, 0.6) is 0 Å². The fourth-order valence-corrected chi connectivity index (χ4v) is 4.21. The number of aromatic nitrogens is 3. The molecule has 162 valence electrons. The van der Waals surface area contributed by atoms with Crippen molar-refractivity contribution in [3.63, 3.8) is 0 Å². The van der Waals surface area contributed by atoms with Crippen molar-refractivity contribution in [3.8, 4) is 11.3 Å². The lowest BCUT2D eigenvalue weighted by Crippen LogP contribution is -2.16. The van der Waals surface area contributed by atoms with E-state index in [1.54, 1.807) is 23.6 Å². The molecule has 2 heterocycles. The Morgan fingerprint density at radius 2 is 1.91 bits per heavy atom. The third-order valence-electron chi connectivity index (χ3n) is 4.53. The maximum atomic E-state index is 12.8. The van der Waals surface area contributed by atoms with Crippen molar-refractivity contribution < 1.29 is 14.6 Å². The molecule has 0 saturated heterocycles. The number of fused-ring (bicyclic) bond motifs is 1. The number of anilines is 1. The first-order chi connectivity index (χ1) is 15.2. The molecule has 1 amide bonds. The molecular formula is C18H10Cl2N6O5S. The van der Waals surface area contributed by atoms with Gasteiger partial charge in [0.2, 0.25) is 4.96 Å². The third-order valence-corrected chi connectivity index (χ3v) is 5.91. The summed E-state index contributed by atoms with van der Waals surface area (Å²) in [6, 6.07) is 6.72. The number of hydrogen-bond donors (Lipinski definition) is 1. The van der Waals surface area contributed by atoms with E-state index in [-0.39, 0.29) is 17.1 Å². The minimum absolute atomic E-state index is 0.0227. The van der Waals surface area contributed by atoms with Crippen molar-refractivity contribution >= 4 is 62.7 Å². The van der Waals surface area contributed by atoms with Gasteiger partial charge in [-0.25, -0.2) is 4.52 Å². The second kappa shape index (κ2) is 8.15. The third kappa shape index (κ3) is 3.86. The average molecular weight is 493 g/mol. The van der Waals surface area contributed by atoms with Crippen molar-refractivity contribution in [2.24, 2.45) is 0 Å². The molecule has 0 aliphatic carbocycles. The molecule has 11 nitrogen and oxygen atoms in total. The van der Waals surface area contributed by atoms with Crippen molar-refractivity contribution in [2.75, 3.05) is 5.32 Å². The number of amides is 1. The quantitative estimate of drug-likeness (QED) is 0.299. The van der Waals surface area contributed by atoms with E-state index in [1.165, 1.54) is 22.8 Å². The molecule has 0 bridgehead atoms. The van der Waals surface area contributed by atoms with Crippen LogP contribution in [-0.2, 0) is 0 Å². The number of halogens is 2. The molecule has 0 unspecified atom stereocenters. The zero-order valence-electron chi connectivity index (χ0n) is 15.9. The maximum Gasteiger partial charge on any atom is 0.279 e. The molecule has 1 N–H and O–H groups in total. The highest BCUT2D eigenvalue weighted by molar-refractivity contribution is 7.15. The molecule has 0 radical (unpaired) electrons. The number of carbonyl (C=O) groups excluding carboxylic acids is 1. The van der Waals surface area contributed by atoms with Crippen molar-refractivity contribution in [2.45, 2.75) is 6.92 Å². The van der Waals surface area contributed by atoms with Gasteiger partial charge in [0.15, 0.2) is 0 Å². The topological polar surface area (TPSA) is 146 Å². The summed E-state index contributed by atoms with van der Waals surface area (Å²) in [7, 11) is 0. The van der Waals surface area contributed by atoms with E-state index in [2.05, 4.69) is 15.4 Å². The van der Waals surface area contributed by atoms with Crippen LogP contribution in [0.15, 0.2) is 35.7 Å². The highest BCUT2D eigenvalue weighted by Gasteiger charge is 2.25. The monoisotopic (exact) mass is 492 g/mol. The van der Waals surface area contributed by atoms with E-state index < -0.39 is 27.1 Å². The van der Waals surface area contributed by atoms with E-state index in [0.717, 1.165) is 12.1 Å². The zero-order chi connectivity index (χ0) is 23.2. The fraction of sp³-hybridized carbons (Fsp3) is 0.0556. The number of nitrogens with zero attached hydrogens (tertiary/aromatic N) is 5. The molecule has 32 heavy (non-hydrogen) atoms. The van der Waals surface area contributed by atoms with E-state index in [0.29, 0.717) is 26.3 Å². The standard InChI is InChI=1S/C18H10Cl2N6O5S/c1-8-11(5-10(25(28)29)6-14(8)26(30)31)16(27)21-17-22-18-24(23-17)15(7-32-18)12-4-9(19)2-3-13(12)20/h2-7H,1H3,(H,21,23,27). The number of nitro groups is 2. The summed E-state index contributed by atoms with van der Waals surface area (Å²) >= 11 is 13.6. The number of thiazole rings is 1. The van der Waals surface area contributed by atoms with Crippen LogP contribution in [0.2, 0.25) is 10.0 Å². The molecule has 0 aliphatic rings. The molecule has 2 aromatic heterocycles. The normalized spacial score (nSPS) is 11.0. The molecule has 0 aliphatic heterocycles. The number of nitro benzene ring substituents is 2. The Hall–Kier alpha value is -3.61. The van der Waals surface area contributed by atoms with E-state index in [4.69, 9.17) is 23.2 Å². The Labute approximate surface area is 192 Å². The van der Waals surface area contributed by atoms with Gasteiger partial charge in [-0.15, -0.1) is 16.4 Å². The lowest BCUT2D eigenvalue weighted by atomic mass is 10.0. The first-order valence-electron chi connectivity index (χ1n) is 8.70. The summed E-state index contributed by atoms with van der Waals surface area (Å²) in [6.07, 6.45) is 0. The Balaban J connectivity index is 1.71. The molecular weight excluding hydrogens is 483 g/mol. The highest BCUT2D eigenvalue weighted by Crippen LogP contribution is 2.33. The van der Waals surface area contributed by atoms with E-state index in [9.17, 15) is 25.0 Å². The number of nitrogens with one attached hydrogen (secondary N) is 1. The predicted octanol–water partition coefficient (Wildman–Crippen LogP) is 5.14. The zero-order valence-corrected chi connectivity index (χ0v) is 18.2. The molecule has 14 heteroatoms. The second-order valence-electron chi connectivity index (χ2n) is 6.48. The van der Waals surface area contributed by atoms with Crippen molar-refractivity contribution in [1.82, 2.24) is 14.6 Å². The van der Waals surface area contributed by atoms with Crippen LogP contribution in [0.25, 0.3) is 16.2 Å². The molecule has 2 aromatic carbocycles. The fourth-order valence-electron chi connectivity index (χ4n) is 3.00. The van der Waals surface area contributed by atoms with Crippen LogP contribution in [-0.4, -0.2) is 30.4 Å². The van der Waals surface area contributed by atoms with Gasteiger partial charge in [-0.1, -0.05) is 23.2 Å². The minimum Gasteiger partial charge on any atom is -0.289 e. The number of non-ortho nitro benzene ring substituents is 1. The van der Waals surface area contributed by atoms with Crippen LogP contribution in [0.4, 0.5) is 17.3 Å². The summed E-state index contributed by atoms with van der Waals surface area (Å²) in [6.45, 7) is 1.33. The van der Waals surface area contributed by atoms with Gasteiger partial charge in [0.1, 0.15) is 0 Å². The summed E-state index contributed by atoms with van der Waals surface area (Å²) in [4.78, 5) is 38.2. The average Bonchev–Trinajstić information content (AvgIpc) is 3.29. The van der Waals surface area contributed by atoms with Gasteiger partial charge in [0.05, 0.1) is 32.2 Å². The lowest BCUT2D eigenvalue weighted by Gasteiger charge is -2.06. The first-order valence-corrected chi connectivity index (χ1v) is 10.3. The molecule has 0 fully saturated rings. The number of benzene rings is 2. The molecule has 4 aromatic rings. The summed E-state index contributed by atoms with van der Waals surface area (Å²) in [5.41, 5.74) is -0.177. The maximum absolute atomic E-state index is 12.8. The largest absolute Gasteiger partial charge is 0.289 e. The van der Waals surface area contributed by atoms with Gasteiger partial charge in [0, 0.05) is 27.6 Å². The number of hydrogen-bond acceptors (Lipinski definition) is 8. The Morgan fingerprint density at radius 3 is 2.59 bits per heavy atom. The minimum atomic E-state index is -0.824. The molecule has 4 rings (SSSR count). The molecule has 0 atom stereocenters. The van der Waals surface area contributed by atoms with Gasteiger partial charge < -0.3 is 0 Å². The Bertz CT molecular complexity index is 1430. The predicted molar refractivity (Wildman–Crippen MR) is 119 cm³/mol. The van der Waals surface area contributed by atoms with Gasteiger partial charge in [-0.3, -0.25) is 30.3 Å². The highest BCUT2D eigenvalue weighted by atomic mass is 35.5. The van der Waals surface area contributed by atoms with Crippen LogP contribution in [0, 0.1) is 27.2 Å². The van der Waals surface area contributed by atoms with Gasteiger partial charge >= 0.3 is 0 Å². The van der Waals surface area contributed by atoms with Gasteiger partial charge in [-0.05, 0) is 25.1 Å².